The summed E-state index contributed by atoms with van der Waals surface area (Å²) < 4.78 is 10.3. The molecule has 0 bridgehead atoms. The molecule has 152 valence electrons. The molecule has 1 heterocycles. The van der Waals surface area contributed by atoms with Gasteiger partial charge in [0.25, 0.3) is 5.91 Å². The Balaban J connectivity index is 2.03. The quantitative estimate of drug-likeness (QED) is 0.388. The Labute approximate surface area is 178 Å². The second kappa shape index (κ2) is 10.5. The number of hydrogen-bond acceptors (Lipinski definition) is 7. The number of thiocarbonyl (C=S) groups is 1. The molecule has 0 radical (unpaired) electrons. The molecule has 1 aromatic heterocycles. The number of methoxy groups -OCH3 is 1. The summed E-state index contributed by atoms with van der Waals surface area (Å²) in [5.74, 6) is -0.241. The third-order valence-electron chi connectivity index (χ3n) is 3.97. The number of amides is 1. The van der Waals surface area contributed by atoms with Gasteiger partial charge in [-0.25, -0.2) is 4.79 Å². The molecule has 9 heteroatoms. The fraction of sp³-hybridized carbons (Fsp3) is 0.300. The van der Waals surface area contributed by atoms with E-state index in [9.17, 15) is 14.9 Å². The number of rotatable bonds is 7. The predicted octanol–water partition coefficient (Wildman–Crippen LogP) is 4.02. The van der Waals surface area contributed by atoms with Crippen molar-refractivity contribution in [2.24, 2.45) is 0 Å². The first-order chi connectivity index (χ1) is 13.9. The van der Waals surface area contributed by atoms with E-state index < -0.39 is 11.9 Å². The second-order valence-corrected chi connectivity index (χ2v) is 7.43. The van der Waals surface area contributed by atoms with E-state index in [-0.39, 0.29) is 10.7 Å². The standard InChI is InChI=1S/C20H21N3O4S2/c1-4-5-10-27-14-8-6-13(7-9-14)17(24)22-20(28)23-18-15(11-21)12(2)16(29-18)19(25)26-3/h6-9H,4-5,10H2,1-3H3,(H2,22,23,24,28). The van der Waals surface area contributed by atoms with Crippen LogP contribution in [0.15, 0.2) is 24.3 Å². The van der Waals surface area contributed by atoms with Gasteiger partial charge < -0.3 is 14.8 Å². The number of carbonyl (C=O) groups is 2. The second-order valence-electron chi connectivity index (χ2n) is 6.00. The van der Waals surface area contributed by atoms with Crippen molar-refractivity contribution in [1.82, 2.24) is 5.32 Å². The van der Waals surface area contributed by atoms with Gasteiger partial charge in [-0.1, -0.05) is 13.3 Å². The lowest BCUT2D eigenvalue weighted by molar-refractivity contribution is 0.0605. The number of thiophene rings is 1. The maximum absolute atomic E-state index is 12.4. The molecule has 0 fully saturated rings. The van der Waals surface area contributed by atoms with Crippen molar-refractivity contribution in [3.8, 4) is 11.8 Å². The van der Waals surface area contributed by atoms with Crippen LogP contribution >= 0.6 is 23.6 Å². The number of esters is 1. The molecular formula is C20H21N3O4S2. The van der Waals surface area contributed by atoms with Crippen LogP contribution in [0.2, 0.25) is 0 Å². The number of nitriles is 1. The summed E-state index contributed by atoms with van der Waals surface area (Å²) in [6, 6.07) is 8.77. The first-order valence-corrected chi connectivity index (χ1v) is 10.1. The number of nitrogens with one attached hydrogen (secondary N) is 2. The highest BCUT2D eigenvalue weighted by Crippen LogP contribution is 2.32. The Kier molecular flexibility index (Phi) is 8.12. The summed E-state index contributed by atoms with van der Waals surface area (Å²) >= 11 is 6.22. The topological polar surface area (TPSA) is 100 Å². The number of benzene rings is 1. The van der Waals surface area contributed by atoms with Gasteiger partial charge in [0.15, 0.2) is 5.11 Å². The van der Waals surface area contributed by atoms with Gasteiger partial charge in [0.05, 0.1) is 19.3 Å². The van der Waals surface area contributed by atoms with Crippen LogP contribution < -0.4 is 15.4 Å². The molecule has 0 saturated carbocycles. The summed E-state index contributed by atoms with van der Waals surface area (Å²) in [5.41, 5.74) is 1.19. The maximum atomic E-state index is 12.4. The van der Waals surface area contributed by atoms with Gasteiger partial charge in [-0.15, -0.1) is 11.3 Å². The van der Waals surface area contributed by atoms with Crippen molar-refractivity contribution in [3.05, 3.63) is 45.8 Å². The normalized spacial score (nSPS) is 10.0. The van der Waals surface area contributed by atoms with Gasteiger partial charge in [-0.2, -0.15) is 5.26 Å². The molecule has 2 aromatic rings. The van der Waals surface area contributed by atoms with Crippen LogP contribution in [0.3, 0.4) is 0 Å². The molecule has 1 aromatic carbocycles. The first-order valence-electron chi connectivity index (χ1n) is 8.88. The third kappa shape index (κ3) is 5.76. The molecule has 0 aliphatic heterocycles. The average molecular weight is 432 g/mol. The Morgan fingerprint density at radius 3 is 2.55 bits per heavy atom. The van der Waals surface area contributed by atoms with Crippen molar-refractivity contribution >= 4 is 45.5 Å². The minimum absolute atomic E-state index is 0.0208. The van der Waals surface area contributed by atoms with Crippen LogP contribution in [-0.4, -0.2) is 30.7 Å². The van der Waals surface area contributed by atoms with Crippen LogP contribution in [0, 0.1) is 18.3 Å². The highest BCUT2D eigenvalue weighted by atomic mass is 32.1. The van der Waals surface area contributed by atoms with Crippen LogP contribution in [-0.2, 0) is 4.74 Å². The lowest BCUT2D eigenvalue weighted by atomic mass is 10.2. The van der Waals surface area contributed by atoms with E-state index in [0.717, 1.165) is 24.2 Å². The molecule has 2 N–H and O–H groups in total. The van der Waals surface area contributed by atoms with E-state index >= 15 is 0 Å². The van der Waals surface area contributed by atoms with Gasteiger partial charge in [-0.05, 0) is 55.4 Å². The van der Waals surface area contributed by atoms with Gasteiger partial charge in [0.1, 0.15) is 21.7 Å². The lowest BCUT2D eigenvalue weighted by Crippen LogP contribution is -2.34. The van der Waals surface area contributed by atoms with Crippen molar-refractivity contribution in [1.29, 1.82) is 5.26 Å². The Morgan fingerprint density at radius 2 is 1.97 bits per heavy atom. The van der Waals surface area contributed by atoms with Crippen LogP contribution in [0.25, 0.3) is 0 Å². The Bertz CT molecular complexity index is 946. The monoisotopic (exact) mass is 431 g/mol. The van der Waals surface area contributed by atoms with E-state index in [4.69, 9.17) is 21.7 Å². The van der Waals surface area contributed by atoms with Gasteiger partial charge in [-0.3, -0.25) is 10.1 Å². The van der Waals surface area contributed by atoms with Crippen LogP contribution in [0.4, 0.5) is 5.00 Å². The number of anilines is 1. The van der Waals surface area contributed by atoms with Crippen LogP contribution in [0.5, 0.6) is 5.75 Å². The van der Waals surface area contributed by atoms with E-state index in [1.54, 1.807) is 31.2 Å². The molecule has 7 nitrogen and oxygen atoms in total. The largest absolute Gasteiger partial charge is 0.494 e. The smallest absolute Gasteiger partial charge is 0.348 e. The highest BCUT2D eigenvalue weighted by Gasteiger charge is 2.21. The summed E-state index contributed by atoms with van der Waals surface area (Å²) in [6.45, 7) is 4.37. The number of carbonyl (C=O) groups excluding carboxylic acids is 2. The molecule has 0 saturated heterocycles. The molecule has 2 rings (SSSR count). The van der Waals surface area contributed by atoms with E-state index in [1.165, 1.54) is 7.11 Å². The van der Waals surface area contributed by atoms with E-state index in [0.29, 0.717) is 33.4 Å². The maximum Gasteiger partial charge on any atom is 0.348 e. The average Bonchev–Trinajstić information content (AvgIpc) is 3.02. The number of unbranched alkanes of at least 4 members (excludes halogenated alkanes) is 1. The van der Waals surface area contributed by atoms with Gasteiger partial charge in [0.2, 0.25) is 0 Å². The zero-order chi connectivity index (χ0) is 21.4. The minimum atomic E-state index is -0.534. The molecule has 0 aliphatic rings. The fourth-order valence-corrected chi connectivity index (χ4v) is 3.71. The predicted molar refractivity (Wildman–Crippen MR) is 116 cm³/mol. The molecule has 29 heavy (non-hydrogen) atoms. The summed E-state index contributed by atoms with van der Waals surface area (Å²) in [5, 5.41) is 15.1. The minimum Gasteiger partial charge on any atom is -0.494 e. The first kappa shape index (κ1) is 22.3. The summed E-state index contributed by atoms with van der Waals surface area (Å²) in [6.07, 6.45) is 2.01. The number of nitrogens with zero attached hydrogens (tertiary/aromatic N) is 1. The molecule has 1 amide bonds. The van der Waals surface area contributed by atoms with Crippen molar-refractivity contribution in [2.75, 3.05) is 19.0 Å². The van der Waals surface area contributed by atoms with Crippen molar-refractivity contribution < 1.29 is 19.1 Å². The fourth-order valence-electron chi connectivity index (χ4n) is 2.37. The lowest BCUT2D eigenvalue weighted by Gasteiger charge is -2.09. The summed E-state index contributed by atoms with van der Waals surface area (Å²) in [4.78, 5) is 24.5. The summed E-state index contributed by atoms with van der Waals surface area (Å²) in [7, 11) is 1.27. The molecule has 0 atom stereocenters. The Morgan fingerprint density at radius 1 is 1.28 bits per heavy atom. The third-order valence-corrected chi connectivity index (χ3v) is 5.36. The molecule has 0 aliphatic carbocycles. The van der Waals surface area contributed by atoms with Gasteiger partial charge >= 0.3 is 5.97 Å². The van der Waals surface area contributed by atoms with Gasteiger partial charge in [0, 0.05) is 5.56 Å². The number of hydrogen-bond donors (Lipinski definition) is 2. The zero-order valence-corrected chi connectivity index (χ0v) is 18.0. The zero-order valence-electron chi connectivity index (χ0n) is 16.3. The van der Waals surface area contributed by atoms with E-state index in [1.807, 2.05) is 6.07 Å². The van der Waals surface area contributed by atoms with Crippen molar-refractivity contribution in [3.63, 3.8) is 0 Å². The SMILES string of the molecule is CCCCOc1ccc(C(=O)NC(=S)Nc2sc(C(=O)OC)c(C)c2C#N)cc1. The molecule has 0 spiro atoms. The highest BCUT2D eigenvalue weighted by molar-refractivity contribution is 7.80. The van der Waals surface area contributed by atoms with Crippen molar-refractivity contribution in [2.45, 2.75) is 26.7 Å². The Hall–Kier alpha value is -2.96. The number of ether oxygens (including phenoxy) is 2. The molecule has 0 unspecified atom stereocenters. The van der Waals surface area contributed by atoms with E-state index in [2.05, 4.69) is 17.6 Å². The van der Waals surface area contributed by atoms with Crippen LogP contribution in [0.1, 0.15) is 50.9 Å². The molecular weight excluding hydrogens is 410 g/mol.